The van der Waals surface area contributed by atoms with Crippen molar-refractivity contribution >= 4 is 11.9 Å². The van der Waals surface area contributed by atoms with Gasteiger partial charge in [-0.1, -0.05) is 70.9 Å². The fourth-order valence-electron chi connectivity index (χ4n) is 2.81. The zero-order valence-corrected chi connectivity index (χ0v) is 16.0. The van der Waals surface area contributed by atoms with Crippen molar-refractivity contribution in [2.75, 3.05) is 13.2 Å². The molecule has 1 aromatic carbocycles. The van der Waals surface area contributed by atoms with E-state index in [9.17, 15) is 9.59 Å². The van der Waals surface area contributed by atoms with Gasteiger partial charge in [-0.2, -0.15) is 0 Å². The van der Waals surface area contributed by atoms with E-state index in [1.807, 2.05) is 58.0 Å². The van der Waals surface area contributed by atoms with Crippen LogP contribution in [0.25, 0.3) is 0 Å². The summed E-state index contributed by atoms with van der Waals surface area (Å²) in [6.45, 7) is 8.66. The van der Waals surface area contributed by atoms with Crippen LogP contribution < -0.4 is 0 Å². The monoisotopic (exact) mass is 348 g/mol. The normalized spacial score (nSPS) is 13.3. The molecule has 140 valence electrons. The van der Waals surface area contributed by atoms with Crippen molar-refractivity contribution < 1.29 is 19.1 Å². The maximum atomic E-state index is 12.7. The van der Waals surface area contributed by atoms with Gasteiger partial charge in [0.1, 0.15) is 0 Å². The van der Waals surface area contributed by atoms with E-state index in [-0.39, 0.29) is 0 Å². The van der Waals surface area contributed by atoms with Crippen LogP contribution in [-0.2, 0) is 24.5 Å². The molecule has 0 bridgehead atoms. The Labute approximate surface area is 151 Å². The minimum absolute atomic E-state index is 0.336. The number of ether oxygens (including phenoxy) is 2. The third kappa shape index (κ3) is 5.87. The van der Waals surface area contributed by atoms with Gasteiger partial charge in [0, 0.05) is 5.41 Å². The first-order valence-electron chi connectivity index (χ1n) is 9.40. The second-order valence-corrected chi connectivity index (χ2v) is 6.61. The fourth-order valence-corrected chi connectivity index (χ4v) is 2.81. The minimum atomic E-state index is -0.950. The molecule has 0 radical (unpaired) electrons. The van der Waals surface area contributed by atoms with Crippen LogP contribution in [0.3, 0.4) is 0 Å². The van der Waals surface area contributed by atoms with Crippen LogP contribution in [0.2, 0.25) is 0 Å². The molecule has 4 nitrogen and oxygen atoms in total. The Morgan fingerprint density at radius 1 is 0.920 bits per heavy atom. The molecule has 0 aromatic heterocycles. The molecule has 1 unspecified atom stereocenters. The lowest BCUT2D eigenvalue weighted by Gasteiger charge is -2.34. The van der Waals surface area contributed by atoms with Crippen molar-refractivity contribution in [2.45, 2.75) is 65.2 Å². The highest BCUT2D eigenvalue weighted by molar-refractivity contribution is 5.96. The first-order chi connectivity index (χ1) is 12.0. The van der Waals surface area contributed by atoms with Crippen LogP contribution in [-0.4, -0.2) is 25.2 Å². The Morgan fingerprint density at radius 2 is 1.40 bits per heavy atom. The lowest BCUT2D eigenvalue weighted by molar-refractivity contribution is -0.166. The molecule has 0 aliphatic heterocycles. The number of carbonyl (C=O) groups excluding carboxylic acids is 2. The third-order valence-corrected chi connectivity index (χ3v) is 4.76. The number of hydrogen-bond acceptors (Lipinski definition) is 4. The van der Waals surface area contributed by atoms with Crippen LogP contribution in [0, 0.1) is 5.92 Å². The standard InChI is InChI=1S/C21H32O4/c1-5-8-15-24-19(22)18(20(23)25-16-9-6-2)21(4,7-3)17-13-11-10-12-14-17/h10-14,18H,5-9,15-16H2,1-4H3. The van der Waals surface area contributed by atoms with Crippen molar-refractivity contribution in [3.63, 3.8) is 0 Å². The molecule has 0 saturated carbocycles. The van der Waals surface area contributed by atoms with E-state index < -0.39 is 23.3 Å². The van der Waals surface area contributed by atoms with Gasteiger partial charge in [0.05, 0.1) is 13.2 Å². The Balaban J connectivity index is 3.09. The first-order valence-corrected chi connectivity index (χ1v) is 9.40. The molecule has 0 aliphatic carbocycles. The van der Waals surface area contributed by atoms with E-state index in [2.05, 4.69) is 0 Å². The lowest BCUT2D eigenvalue weighted by Crippen LogP contribution is -2.44. The van der Waals surface area contributed by atoms with Gasteiger partial charge in [0.25, 0.3) is 0 Å². The van der Waals surface area contributed by atoms with E-state index in [0.29, 0.717) is 19.6 Å². The van der Waals surface area contributed by atoms with Gasteiger partial charge in [-0.3, -0.25) is 9.59 Å². The van der Waals surface area contributed by atoms with Crippen molar-refractivity contribution in [2.24, 2.45) is 5.92 Å². The largest absolute Gasteiger partial charge is 0.465 e. The molecule has 0 saturated heterocycles. The van der Waals surface area contributed by atoms with Crippen molar-refractivity contribution in [1.29, 1.82) is 0 Å². The van der Waals surface area contributed by atoms with Crippen LogP contribution in [0.4, 0.5) is 0 Å². The second-order valence-electron chi connectivity index (χ2n) is 6.61. The highest BCUT2D eigenvalue weighted by Gasteiger charge is 2.46. The maximum Gasteiger partial charge on any atom is 0.321 e. The average Bonchev–Trinajstić information content (AvgIpc) is 2.63. The molecule has 0 N–H and O–H groups in total. The zero-order valence-electron chi connectivity index (χ0n) is 16.0. The predicted octanol–water partition coefficient (Wildman–Crippen LogP) is 4.66. The Morgan fingerprint density at radius 3 is 1.80 bits per heavy atom. The van der Waals surface area contributed by atoms with Gasteiger partial charge in [0.15, 0.2) is 5.92 Å². The summed E-state index contributed by atoms with van der Waals surface area (Å²) in [5.41, 5.74) is 0.288. The molecule has 0 aliphatic rings. The maximum absolute atomic E-state index is 12.7. The number of carbonyl (C=O) groups is 2. The fraction of sp³-hybridized carbons (Fsp3) is 0.619. The smallest absolute Gasteiger partial charge is 0.321 e. The zero-order chi connectivity index (χ0) is 18.7. The summed E-state index contributed by atoms with van der Waals surface area (Å²) < 4.78 is 10.8. The topological polar surface area (TPSA) is 52.6 Å². The van der Waals surface area contributed by atoms with Crippen LogP contribution in [0.15, 0.2) is 30.3 Å². The van der Waals surface area contributed by atoms with Crippen LogP contribution in [0.1, 0.15) is 65.4 Å². The third-order valence-electron chi connectivity index (χ3n) is 4.76. The Bertz CT molecular complexity index is 504. The molecule has 0 amide bonds. The molecular formula is C21H32O4. The summed E-state index contributed by atoms with van der Waals surface area (Å²) in [7, 11) is 0. The van der Waals surface area contributed by atoms with Crippen molar-refractivity contribution in [3.8, 4) is 0 Å². The summed E-state index contributed by atoms with van der Waals surface area (Å²) in [5.74, 6) is -1.92. The molecule has 0 heterocycles. The number of esters is 2. The molecule has 4 heteroatoms. The Kier molecular flexibility index (Phi) is 9.25. The Hall–Kier alpha value is -1.84. The number of hydrogen-bond donors (Lipinski definition) is 0. The van der Waals surface area contributed by atoms with Gasteiger partial charge in [0.2, 0.25) is 0 Å². The van der Waals surface area contributed by atoms with Gasteiger partial charge >= 0.3 is 11.9 Å². The average molecular weight is 348 g/mol. The summed E-state index contributed by atoms with van der Waals surface area (Å²) in [4.78, 5) is 25.5. The highest BCUT2D eigenvalue weighted by atomic mass is 16.6. The van der Waals surface area contributed by atoms with Gasteiger partial charge < -0.3 is 9.47 Å². The van der Waals surface area contributed by atoms with Crippen LogP contribution >= 0.6 is 0 Å². The van der Waals surface area contributed by atoms with E-state index in [1.165, 1.54) is 0 Å². The highest BCUT2D eigenvalue weighted by Crippen LogP contribution is 2.37. The molecule has 0 fully saturated rings. The summed E-state index contributed by atoms with van der Waals surface area (Å²) in [6.07, 6.45) is 4.08. The SMILES string of the molecule is CCCCOC(=O)C(C(=O)OCCCC)C(C)(CC)c1ccccc1. The summed E-state index contributed by atoms with van der Waals surface area (Å²) >= 11 is 0. The summed E-state index contributed by atoms with van der Waals surface area (Å²) in [6, 6.07) is 9.67. The van der Waals surface area contributed by atoms with E-state index in [0.717, 1.165) is 31.2 Å². The number of benzene rings is 1. The number of unbranched alkanes of at least 4 members (excludes halogenated alkanes) is 2. The van der Waals surface area contributed by atoms with E-state index >= 15 is 0 Å². The van der Waals surface area contributed by atoms with Crippen molar-refractivity contribution in [1.82, 2.24) is 0 Å². The molecule has 25 heavy (non-hydrogen) atoms. The molecule has 1 rings (SSSR count). The number of rotatable bonds is 11. The van der Waals surface area contributed by atoms with Gasteiger partial charge in [-0.15, -0.1) is 0 Å². The lowest BCUT2D eigenvalue weighted by atomic mass is 9.69. The van der Waals surface area contributed by atoms with Crippen LogP contribution in [0.5, 0.6) is 0 Å². The van der Waals surface area contributed by atoms with E-state index in [1.54, 1.807) is 0 Å². The predicted molar refractivity (Wildman–Crippen MR) is 99.3 cm³/mol. The van der Waals surface area contributed by atoms with Gasteiger partial charge in [-0.25, -0.2) is 0 Å². The summed E-state index contributed by atoms with van der Waals surface area (Å²) in [5, 5.41) is 0. The molecule has 1 atom stereocenters. The second kappa shape index (κ2) is 10.9. The first kappa shape index (κ1) is 21.2. The minimum Gasteiger partial charge on any atom is -0.465 e. The quantitative estimate of drug-likeness (QED) is 0.332. The molecule has 1 aromatic rings. The van der Waals surface area contributed by atoms with Gasteiger partial charge in [-0.05, 0) is 24.8 Å². The van der Waals surface area contributed by atoms with Crippen molar-refractivity contribution in [3.05, 3.63) is 35.9 Å². The van der Waals surface area contributed by atoms with E-state index in [4.69, 9.17) is 9.47 Å². The molecule has 0 spiro atoms. The molecular weight excluding hydrogens is 316 g/mol.